The molecule has 0 radical (unpaired) electrons. The zero-order valence-corrected chi connectivity index (χ0v) is 17.5. The number of amides is 1. The minimum absolute atomic E-state index is 0.0716. The van der Waals surface area contributed by atoms with Gasteiger partial charge in [0.2, 0.25) is 5.91 Å². The fraction of sp³-hybridized carbons (Fsp3) is 0.261. The largest absolute Gasteiger partial charge is 0.349 e. The summed E-state index contributed by atoms with van der Waals surface area (Å²) in [6.45, 7) is 5.07. The first-order chi connectivity index (χ1) is 14.1. The van der Waals surface area contributed by atoms with Gasteiger partial charge in [0.1, 0.15) is 0 Å². The van der Waals surface area contributed by atoms with Crippen molar-refractivity contribution in [3.8, 4) is 0 Å². The van der Waals surface area contributed by atoms with Gasteiger partial charge >= 0.3 is 0 Å². The van der Waals surface area contributed by atoms with Crippen LogP contribution in [0.3, 0.4) is 0 Å². The Morgan fingerprint density at radius 2 is 1.60 bits per heavy atom. The molecule has 0 bridgehead atoms. The van der Waals surface area contributed by atoms with Crippen LogP contribution < -0.4 is 5.32 Å². The highest BCUT2D eigenvalue weighted by Gasteiger charge is 2.31. The van der Waals surface area contributed by atoms with Crippen LogP contribution in [-0.4, -0.2) is 11.7 Å². The van der Waals surface area contributed by atoms with E-state index >= 15 is 0 Å². The van der Waals surface area contributed by atoms with Gasteiger partial charge in [-0.25, -0.2) is 17.6 Å². The molecule has 0 unspecified atom stereocenters. The summed E-state index contributed by atoms with van der Waals surface area (Å²) in [5.41, 5.74) is -0.111. The second-order valence-corrected chi connectivity index (χ2v) is 8.72. The predicted molar refractivity (Wildman–Crippen MR) is 111 cm³/mol. The summed E-state index contributed by atoms with van der Waals surface area (Å²) in [5.74, 6) is -6.27. The van der Waals surface area contributed by atoms with E-state index in [1.807, 2.05) is 49.4 Å². The summed E-state index contributed by atoms with van der Waals surface area (Å²) < 4.78 is 54.6. The van der Waals surface area contributed by atoms with E-state index in [-0.39, 0.29) is 23.8 Å². The third-order valence-corrected chi connectivity index (χ3v) is 6.41. The lowest BCUT2D eigenvalue weighted by molar-refractivity contribution is -0.128. The Labute approximate surface area is 176 Å². The molecule has 7 heteroatoms. The average molecular weight is 435 g/mol. The summed E-state index contributed by atoms with van der Waals surface area (Å²) in [7, 11) is 0. The molecule has 0 saturated heterocycles. The normalized spacial score (nSPS) is 12.8. The number of thioether (sulfide) groups is 1. The molecule has 0 saturated carbocycles. The predicted octanol–water partition coefficient (Wildman–Crippen LogP) is 6.39. The number of rotatable bonds is 6. The molecule has 1 amide bonds. The fourth-order valence-corrected chi connectivity index (χ4v) is 4.18. The van der Waals surface area contributed by atoms with Crippen molar-refractivity contribution in [3.05, 3.63) is 77.4 Å². The van der Waals surface area contributed by atoms with Crippen molar-refractivity contribution in [2.45, 2.75) is 31.7 Å². The summed E-state index contributed by atoms with van der Waals surface area (Å²) >= 11 is 0.572. The van der Waals surface area contributed by atoms with E-state index in [9.17, 15) is 22.4 Å². The minimum atomic E-state index is -1.47. The van der Waals surface area contributed by atoms with E-state index in [1.54, 1.807) is 13.8 Å². The first kappa shape index (κ1) is 22.2. The van der Waals surface area contributed by atoms with Gasteiger partial charge in [-0.1, -0.05) is 56.3 Å². The maximum atomic E-state index is 13.9. The Bertz CT molecular complexity index is 1070. The minimum Gasteiger partial charge on any atom is -0.349 e. The highest BCUT2D eigenvalue weighted by molar-refractivity contribution is 7.99. The first-order valence-corrected chi connectivity index (χ1v) is 10.3. The smallest absolute Gasteiger partial charge is 0.226 e. The van der Waals surface area contributed by atoms with Crippen LogP contribution in [0.15, 0.2) is 53.4 Å². The van der Waals surface area contributed by atoms with E-state index in [2.05, 4.69) is 5.32 Å². The molecule has 1 atom stereocenters. The van der Waals surface area contributed by atoms with Gasteiger partial charge in [0.15, 0.2) is 23.3 Å². The van der Waals surface area contributed by atoms with Crippen LogP contribution in [0.25, 0.3) is 10.8 Å². The number of hydrogen-bond acceptors (Lipinski definition) is 2. The maximum absolute atomic E-state index is 13.9. The van der Waals surface area contributed by atoms with Gasteiger partial charge in [-0.3, -0.25) is 4.79 Å². The highest BCUT2D eigenvalue weighted by Crippen LogP contribution is 2.34. The molecule has 3 aromatic carbocycles. The molecule has 0 aliphatic rings. The SMILES string of the molecule is C[C@@H](NC(=O)C(C)(C)CSc1c(F)c(F)cc(F)c1F)c1cccc2ccccc12. The standard InChI is InChI=1S/C23H21F4NOS/c1-13(15-10-6-8-14-7-4-5-9-16(14)15)28-22(29)23(2,3)12-30-21-19(26)17(24)11-18(25)20(21)27/h4-11,13H,12H2,1-3H3,(H,28,29)/t13-/m1/s1. The molecule has 3 rings (SSSR count). The number of carbonyl (C=O) groups is 1. The van der Waals surface area contributed by atoms with Crippen LogP contribution in [0.2, 0.25) is 0 Å². The second-order valence-electron chi connectivity index (χ2n) is 7.73. The number of fused-ring (bicyclic) bond motifs is 1. The summed E-state index contributed by atoms with van der Waals surface area (Å²) in [6.07, 6.45) is 0. The molecule has 0 aromatic heterocycles. The van der Waals surface area contributed by atoms with Crippen molar-refractivity contribution < 1.29 is 22.4 Å². The second kappa shape index (κ2) is 8.68. The topological polar surface area (TPSA) is 29.1 Å². The Kier molecular flexibility index (Phi) is 6.41. The van der Waals surface area contributed by atoms with Gasteiger partial charge in [0, 0.05) is 11.8 Å². The van der Waals surface area contributed by atoms with E-state index in [0.717, 1.165) is 16.3 Å². The molecule has 3 aromatic rings. The number of hydrogen-bond donors (Lipinski definition) is 1. The molecule has 2 nitrogen and oxygen atoms in total. The lowest BCUT2D eigenvalue weighted by atomic mass is 9.93. The highest BCUT2D eigenvalue weighted by atomic mass is 32.2. The summed E-state index contributed by atoms with van der Waals surface area (Å²) in [5, 5.41) is 4.99. The van der Waals surface area contributed by atoms with Crippen LogP contribution in [0, 0.1) is 28.7 Å². The van der Waals surface area contributed by atoms with Crippen molar-refractivity contribution in [1.82, 2.24) is 5.32 Å². The van der Waals surface area contributed by atoms with Crippen LogP contribution in [0.1, 0.15) is 32.4 Å². The molecule has 0 aliphatic carbocycles. The van der Waals surface area contributed by atoms with Crippen molar-refractivity contribution in [1.29, 1.82) is 0 Å². The number of nitrogens with one attached hydrogen (secondary N) is 1. The fourth-order valence-electron chi connectivity index (χ4n) is 3.09. The van der Waals surface area contributed by atoms with E-state index in [1.165, 1.54) is 0 Å². The summed E-state index contributed by atoms with van der Waals surface area (Å²) in [6, 6.07) is 13.5. The van der Waals surface area contributed by atoms with Crippen LogP contribution in [-0.2, 0) is 4.79 Å². The van der Waals surface area contributed by atoms with Gasteiger partial charge < -0.3 is 5.32 Å². The summed E-state index contributed by atoms with van der Waals surface area (Å²) in [4.78, 5) is 12.1. The first-order valence-electron chi connectivity index (χ1n) is 9.36. The van der Waals surface area contributed by atoms with Crippen LogP contribution in [0.4, 0.5) is 17.6 Å². The third-order valence-electron chi connectivity index (χ3n) is 4.90. The molecule has 158 valence electrons. The van der Waals surface area contributed by atoms with Gasteiger partial charge in [0.05, 0.1) is 16.4 Å². The molecule has 0 spiro atoms. The Balaban J connectivity index is 1.75. The van der Waals surface area contributed by atoms with Gasteiger partial charge in [-0.05, 0) is 23.3 Å². The molecule has 0 heterocycles. The zero-order chi connectivity index (χ0) is 22.1. The van der Waals surface area contributed by atoms with Crippen molar-refractivity contribution in [2.75, 3.05) is 5.75 Å². The Morgan fingerprint density at radius 1 is 1.00 bits per heavy atom. The average Bonchev–Trinajstić information content (AvgIpc) is 2.71. The number of benzene rings is 3. The monoisotopic (exact) mass is 435 g/mol. The molecular weight excluding hydrogens is 414 g/mol. The Hall–Kier alpha value is -2.54. The third kappa shape index (κ3) is 4.46. The van der Waals surface area contributed by atoms with Gasteiger partial charge in [0.25, 0.3) is 0 Å². The van der Waals surface area contributed by atoms with Gasteiger partial charge in [-0.15, -0.1) is 11.8 Å². The van der Waals surface area contributed by atoms with Crippen molar-refractivity contribution in [3.63, 3.8) is 0 Å². The van der Waals surface area contributed by atoms with Crippen molar-refractivity contribution >= 4 is 28.4 Å². The van der Waals surface area contributed by atoms with Crippen molar-refractivity contribution in [2.24, 2.45) is 5.41 Å². The van der Waals surface area contributed by atoms with E-state index < -0.39 is 33.6 Å². The lowest BCUT2D eigenvalue weighted by Crippen LogP contribution is -2.40. The Morgan fingerprint density at radius 3 is 2.27 bits per heavy atom. The quantitative estimate of drug-likeness (QED) is 0.276. The zero-order valence-electron chi connectivity index (χ0n) is 16.7. The van der Waals surface area contributed by atoms with E-state index in [4.69, 9.17) is 0 Å². The van der Waals surface area contributed by atoms with Crippen LogP contribution >= 0.6 is 11.8 Å². The maximum Gasteiger partial charge on any atom is 0.226 e. The van der Waals surface area contributed by atoms with Gasteiger partial charge in [-0.2, -0.15) is 0 Å². The molecule has 30 heavy (non-hydrogen) atoms. The molecule has 0 aliphatic heterocycles. The number of carbonyl (C=O) groups excluding carboxylic acids is 1. The molecule has 1 N–H and O–H groups in total. The number of halogens is 4. The van der Waals surface area contributed by atoms with Crippen LogP contribution in [0.5, 0.6) is 0 Å². The molecule has 0 fully saturated rings. The van der Waals surface area contributed by atoms with E-state index in [0.29, 0.717) is 11.8 Å². The molecular formula is C23H21F4NOS. The lowest BCUT2D eigenvalue weighted by Gasteiger charge is -2.26.